The van der Waals surface area contributed by atoms with Crippen molar-refractivity contribution in [2.75, 3.05) is 0 Å². The van der Waals surface area contributed by atoms with E-state index in [1.54, 1.807) is 6.08 Å². The molecule has 0 fully saturated rings. The summed E-state index contributed by atoms with van der Waals surface area (Å²) in [7, 11) is 0. The molecule has 0 bridgehead atoms. The van der Waals surface area contributed by atoms with Gasteiger partial charge in [0.2, 0.25) is 0 Å². The second-order valence-corrected chi connectivity index (χ2v) is 2.23. The van der Waals surface area contributed by atoms with E-state index in [-0.39, 0.29) is 0 Å². The van der Waals surface area contributed by atoms with E-state index in [9.17, 15) is 0 Å². The molecule has 0 aliphatic carbocycles. The van der Waals surface area contributed by atoms with Crippen molar-refractivity contribution < 1.29 is 0 Å². The van der Waals surface area contributed by atoms with Crippen LogP contribution < -0.4 is 0 Å². The van der Waals surface area contributed by atoms with E-state index < -0.39 is 0 Å². The van der Waals surface area contributed by atoms with E-state index in [2.05, 4.69) is 32.7 Å². The van der Waals surface area contributed by atoms with Crippen LogP contribution in [0.15, 0.2) is 35.8 Å². The topological polar surface area (TPSA) is 0 Å². The summed E-state index contributed by atoms with van der Waals surface area (Å²) in [5.41, 5.74) is 1.05. The van der Waals surface area contributed by atoms with Crippen LogP contribution in [0.4, 0.5) is 0 Å². The third-order valence-corrected chi connectivity index (χ3v) is 1.53. The molecule has 0 radical (unpaired) electrons. The summed E-state index contributed by atoms with van der Waals surface area (Å²) in [4.78, 5) is 0.924. The van der Waals surface area contributed by atoms with E-state index in [4.69, 9.17) is 0 Å². The third kappa shape index (κ3) is 3.20. The largest absolute Gasteiger partial charge is 0.143 e. The molecule has 9 heavy (non-hydrogen) atoms. The molecule has 0 aliphatic rings. The number of allylic oxidation sites excluding steroid dienone is 3. The first-order valence-electron chi connectivity index (χ1n) is 2.92. The van der Waals surface area contributed by atoms with Crippen molar-refractivity contribution in [2.45, 2.75) is 13.3 Å². The zero-order chi connectivity index (χ0) is 7.28. The molecule has 0 aromatic rings. The summed E-state index contributed by atoms with van der Waals surface area (Å²) in [6, 6.07) is 0. The van der Waals surface area contributed by atoms with E-state index in [1.807, 2.05) is 6.08 Å². The van der Waals surface area contributed by atoms with Crippen LogP contribution in [-0.4, -0.2) is 0 Å². The zero-order valence-corrected chi connectivity index (χ0v) is 6.62. The van der Waals surface area contributed by atoms with Gasteiger partial charge in [0.15, 0.2) is 0 Å². The fraction of sp³-hybridized carbons (Fsp3) is 0.250. The second kappa shape index (κ2) is 4.45. The minimum atomic E-state index is 0.924. The Morgan fingerprint density at radius 1 is 1.67 bits per heavy atom. The van der Waals surface area contributed by atoms with Gasteiger partial charge in [0.05, 0.1) is 0 Å². The van der Waals surface area contributed by atoms with Crippen LogP contribution in [-0.2, 0) is 0 Å². The molecule has 0 saturated heterocycles. The van der Waals surface area contributed by atoms with Crippen molar-refractivity contribution in [3.63, 3.8) is 0 Å². The normalized spacial score (nSPS) is 11.1. The Labute approximate surface area is 62.4 Å². The number of hydrogen-bond donors (Lipinski definition) is 1. The first-order valence-corrected chi connectivity index (χ1v) is 3.37. The molecule has 0 heterocycles. The molecule has 0 atom stereocenters. The van der Waals surface area contributed by atoms with E-state index in [1.165, 1.54) is 0 Å². The monoisotopic (exact) mass is 140 g/mol. The van der Waals surface area contributed by atoms with Crippen LogP contribution in [0.1, 0.15) is 13.3 Å². The van der Waals surface area contributed by atoms with Crippen LogP contribution in [0, 0.1) is 0 Å². The average molecular weight is 140 g/mol. The summed E-state index contributed by atoms with van der Waals surface area (Å²) >= 11 is 4.18. The SMILES string of the molecule is C=C/C=C(/S)C(=C)CC. The Balaban J connectivity index is 4.01. The van der Waals surface area contributed by atoms with Crippen molar-refractivity contribution in [3.05, 3.63) is 35.8 Å². The fourth-order valence-corrected chi connectivity index (χ4v) is 0.674. The van der Waals surface area contributed by atoms with Crippen molar-refractivity contribution in [3.8, 4) is 0 Å². The minimum Gasteiger partial charge on any atom is -0.143 e. The van der Waals surface area contributed by atoms with Crippen LogP contribution >= 0.6 is 12.6 Å². The number of thiol groups is 1. The summed E-state index contributed by atoms with van der Waals surface area (Å²) in [5, 5.41) is 0. The van der Waals surface area contributed by atoms with E-state index in [0.29, 0.717) is 0 Å². The van der Waals surface area contributed by atoms with Crippen LogP contribution in [0.3, 0.4) is 0 Å². The van der Waals surface area contributed by atoms with Gasteiger partial charge in [-0.25, -0.2) is 0 Å². The summed E-state index contributed by atoms with van der Waals surface area (Å²) in [6.45, 7) is 9.40. The molecule has 0 N–H and O–H groups in total. The summed E-state index contributed by atoms with van der Waals surface area (Å²) in [5.74, 6) is 0. The zero-order valence-electron chi connectivity index (χ0n) is 5.72. The Morgan fingerprint density at radius 3 is 2.56 bits per heavy atom. The van der Waals surface area contributed by atoms with Crippen LogP contribution in [0.5, 0.6) is 0 Å². The molecule has 0 nitrogen and oxygen atoms in total. The highest BCUT2D eigenvalue weighted by Gasteiger charge is 1.90. The van der Waals surface area contributed by atoms with Gasteiger partial charge in [-0.2, -0.15) is 0 Å². The molecule has 0 amide bonds. The quantitative estimate of drug-likeness (QED) is 0.452. The highest BCUT2D eigenvalue weighted by atomic mass is 32.1. The molecular weight excluding hydrogens is 128 g/mol. The third-order valence-electron chi connectivity index (χ3n) is 1.06. The molecule has 0 unspecified atom stereocenters. The van der Waals surface area contributed by atoms with Gasteiger partial charge in [-0.05, 0) is 18.1 Å². The second-order valence-electron chi connectivity index (χ2n) is 1.74. The highest BCUT2D eigenvalue weighted by Crippen LogP contribution is 2.14. The first-order chi connectivity index (χ1) is 4.22. The van der Waals surface area contributed by atoms with Gasteiger partial charge in [-0.1, -0.05) is 26.2 Å². The first kappa shape index (κ1) is 8.57. The molecular formula is C8H12S. The lowest BCUT2D eigenvalue weighted by atomic mass is 10.2. The highest BCUT2D eigenvalue weighted by molar-refractivity contribution is 7.84. The van der Waals surface area contributed by atoms with Crippen molar-refractivity contribution in [1.29, 1.82) is 0 Å². The lowest BCUT2D eigenvalue weighted by molar-refractivity contribution is 1.15. The van der Waals surface area contributed by atoms with E-state index >= 15 is 0 Å². The van der Waals surface area contributed by atoms with Gasteiger partial charge in [-0.15, -0.1) is 12.6 Å². The van der Waals surface area contributed by atoms with Gasteiger partial charge < -0.3 is 0 Å². The fourth-order valence-electron chi connectivity index (χ4n) is 0.411. The van der Waals surface area contributed by atoms with Crippen molar-refractivity contribution in [2.24, 2.45) is 0 Å². The molecule has 0 aliphatic heterocycles. The molecule has 1 heteroatoms. The maximum absolute atomic E-state index is 4.18. The predicted molar refractivity (Wildman–Crippen MR) is 46.7 cm³/mol. The summed E-state index contributed by atoms with van der Waals surface area (Å²) in [6.07, 6.45) is 4.50. The number of hydrogen-bond acceptors (Lipinski definition) is 1. The van der Waals surface area contributed by atoms with Gasteiger partial charge in [0, 0.05) is 4.91 Å². The maximum atomic E-state index is 4.18. The van der Waals surface area contributed by atoms with Gasteiger partial charge in [-0.3, -0.25) is 0 Å². The molecule has 50 valence electrons. The van der Waals surface area contributed by atoms with Crippen LogP contribution in [0.25, 0.3) is 0 Å². The number of rotatable bonds is 3. The van der Waals surface area contributed by atoms with Gasteiger partial charge >= 0.3 is 0 Å². The Hall–Kier alpha value is -0.430. The van der Waals surface area contributed by atoms with E-state index in [0.717, 1.165) is 16.9 Å². The van der Waals surface area contributed by atoms with Crippen molar-refractivity contribution in [1.82, 2.24) is 0 Å². The standard InChI is InChI=1S/C8H12S/c1-4-6-8(9)7(3)5-2/h4,6,9H,1,3,5H2,2H3/b8-6+. The maximum Gasteiger partial charge on any atom is 0.00658 e. The molecule has 0 rings (SSSR count). The molecule has 0 spiro atoms. The van der Waals surface area contributed by atoms with Crippen LogP contribution in [0.2, 0.25) is 0 Å². The van der Waals surface area contributed by atoms with Crippen molar-refractivity contribution >= 4 is 12.6 Å². The lowest BCUT2D eigenvalue weighted by Crippen LogP contribution is -1.75. The Bertz CT molecular complexity index is 143. The summed E-state index contributed by atoms with van der Waals surface area (Å²) < 4.78 is 0. The Kier molecular flexibility index (Phi) is 4.24. The molecule has 0 saturated carbocycles. The average Bonchev–Trinajstić information content (AvgIpc) is 1.87. The Morgan fingerprint density at radius 2 is 2.22 bits per heavy atom. The minimum absolute atomic E-state index is 0.924. The van der Waals surface area contributed by atoms with Gasteiger partial charge in [0.1, 0.15) is 0 Å². The smallest absolute Gasteiger partial charge is 0.00658 e. The lowest BCUT2D eigenvalue weighted by Gasteiger charge is -1.97. The van der Waals surface area contributed by atoms with Gasteiger partial charge in [0.25, 0.3) is 0 Å². The molecule has 0 aromatic carbocycles. The molecule has 0 aromatic heterocycles. The predicted octanol–water partition coefficient (Wildman–Crippen LogP) is 2.95.